The first kappa shape index (κ1) is 21.1. The molecule has 1 atom stereocenters. The molecule has 0 heterocycles. The van der Waals surface area contributed by atoms with Crippen molar-refractivity contribution in [1.29, 1.82) is 0 Å². The first-order valence-electron chi connectivity index (χ1n) is 8.12. The Balaban J connectivity index is 1.89. The number of nitrogens with one attached hydrogen (secondary N) is 2. The average molecular weight is 411 g/mol. The minimum atomic E-state index is -0.468. The number of halogens is 2. The fraction of sp³-hybridized carbons (Fsp3) is 0.263. The van der Waals surface area contributed by atoms with Crippen LogP contribution in [0.15, 0.2) is 36.4 Å². The molecule has 2 N–H and O–H groups in total. The summed E-state index contributed by atoms with van der Waals surface area (Å²) in [6, 6.07) is 8.85. The highest BCUT2D eigenvalue weighted by Crippen LogP contribution is 2.31. The van der Waals surface area contributed by atoms with Crippen LogP contribution in [-0.2, 0) is 9.59 Å². The zero-order valence-electron chi connectivity index (χ0n) is 15.1. The second-order valence-electron chi connectivity index (χ2n) is 5.80. The second-order valence-corrected chi connectivity index (χ2v) is 7.54. The lowest BCUT2D eigenvalue weighted by Gasteiger charge is -2.15. The molecule has 2 amide bonds. The van der Waals surface area contributed by atoms with Crippen molar-refractivity contribution in [3.8, 4) is 5.75 Å². The third-order valence-electron chi connectivity index (χ3n) is 3.70. The van der Waals surface area contributed by atoms with Gasteiger partial charge in [-0.1, -0.05) is 11.6 Å². The fourth-order valence-corrected chi connectivity index (χ4v) is 3.01. The number of carbonyl (C=O) groups is 2. The van der Waals surface area contributed by atoms with E-state index in [-0.39, 0.29) is 23.4 Å². The minimum Gasteiger partial charge on any atom is -0.495 e. The monoisotopic (exact) mass is 410 g/mol. The Bertz CT molecular complexity index is 830. The standard InChI is InChI=1S/C19H20ClFN2O3S/c1-11-8-16(17(26-3)9-15(11)20)23-19(25)12(2)27-10-18(24)22-14-6-4-13(21)5-7-14/h4-9,12H,10H2,1-3H3,(H,22,24)(H,23,25). The highest BCUT2D eigenvalue weighted by atomic mass is 35.5. The molecular weight excluding hydrogens is 391 g/mol. The van der Waals surface area contributed by atoms with Gasteiger partial charge >= 0.3 is 0 Å². The van der Waals surface area contributed by atoms with Crippen molar-refractivity contribution < 1.29 is 18.7 Å². The maximum Gasteiger partial charge on any atom is 0.237 e. The van der Waals surface area contributed by atoms with E-state index in [1.165, 1.54) is 43.1 Å². The van der Waals surface area contributed by atoms with Crippen molar-refractivity contribution >= 4 is 46.6 Å². The van der Waals surface area contributed by atoms with Crippen molar-refractivity contribution in [2.24, 2.45) is 0 Å². The summed E-state index contributed by atoms with van der Waals surface area (Å²) in [5, 5.41) is 5.52. The number of hydrogen-bond donors (Lipinski definition) is 2. The van der Waals surface area contributed by atoms with Crippen LogP contribution in [0.5, 0.6) is 5.75 Å². The van der Waals surface area contributed by atoms with E-state index in [0.29, 0.717) is 22.1 Å². The molecule has 0 saturated heterocycles. The molecule has 0 spiro atoms. The summed E-state index contributed by atoms with van der Waals surface area (Å²) in [6.45, 7) is 3.54. The summed E-state index contributed by atoms with van der Waals surface area (Å²) < 4.78 is 18.1. The first-order chi connectivity index (χ1) is 12.8. The molecule has 8 heteroatoms. The van der Waals surface area contributed by atoms with Crippen LogP contribution in [0.1, 0.15) is 12.5 Å². The second kappa shape index (κ2) is 9.62. The van der Waals surface area contributed by atoms with E-state index in [1.54, 1.807) is 19.1 Å². The van der Waals surface area contributed by atoms with Crippen molar-refractivity contribution in [2.45, 2.75) is 19.1 Å². The Morgan fingerprint density at radius 1 is 1.22 bits per heavy atom. The molecule has 0 aliphatic rings. The number of benzene rings is 2. The number of rotatable bonds is 7. The van der Waals surface area contributed by atoms with Gasteiger partial charge < -0.3 is 15.4 Å². The third kappa shape index (κ3) is 6.15. The van der Waals surface area contributed by atoms with E-state index in [2.05, 4.69) is 10.6 Å². The summed E-state index contributed by atoms with van der Waals surface area (Å²) in [4.78, 5) is 24.4. The van der Waals surface area contributed by atoms with Crippen LogP contribution < -0.4 is 15.4 Å². The normalized spacial score (nSPS) is 11.6. The van der Waals surface area contributed by atoms with E-state index < -0.39 is 5.25 Å². The lowest BCUT2D eigenvalue weighted by molar-refractivity contribution is -0.115. The van der Waals surface area contributed by atoms with Crippen molar-refractivity contribution in [3.63, 3.8) is 0 Å². The summed E-state index contributed by atoms with van der Waals surface area (Å²) >= 11 is 7.25. The van der Waals surface area contributed by atoms with Gasteiger partial charge in [-0.05, 0) is 49.7 Å². The molecule has 2 aromatic rings. The van der Waals surface area contributed by atoms with Crippen LogP contribution in [0.3, 0.4) is 0 Å². The Morgan fingerprint density at radius 3 is 2.52 bits per heavy atom. The molecule has 5 nitrogen and oxygen atoms in total. The van der Waals surface area contributed by atoms with Gasteiger partial charge in [-0.25, -0.2) is 4.39 Å². The van der Waals surface area contributed by atoms with Crippen LogP contribution in [-0.4, -0.2) is 29.9 Å². The molecule has 2 rings (SSSR count). The van der Waals surface area contributed by atoms with Crippen LogP contribution in [0, 0.1) is 12.7 Å². The number of hydrogen-bond acceptors (Lipinski definition) is 4. The predicted molar refractivity (Wildman–Crippen MR) is 108 cm³/mol. The van der Waals surface area contributed by atoms with Gasteiger partial charge in [0.2, 0.25) is 11.8 Å². The number of amides is 2. The zero-order chi connectivity index (χ0) is 20.0. The van der Waals surface area contributed by atoms with Gasteiger partial charge in [-0.2, -0.15) is 0 Å². The Labute approximate surface area is 166 Å². The summed E-state index contributed by atoms with van der Waals surface area (Å²) in [7, 11) is 1.49. The molecule has 0 aromatic heterocycles. The van der Waals surface area contributed by atoms with Gasteiger partial charge in [0.05, 0.1) is 23.8 Å². The van der Waals surface area contributed by atoms with E-state index in [0.717, 1.165) is 5.56 Å². The molecule has 0 aliphatic heterocycles. The average Bonchev–Trinajstić information content (AvgIpc) is 2.64. The SMILES string of the molecule is COc1cc(Cl)c(C)cc1NC(=O)C(C)SCC(=O)Nc1ccc(F)cc1. The van der Waals surface area contributed by atoms with Gasteiger partial charge in [0.1, 0.15) is 11.6 Å². The zero-order valence-corrected chi connectivity index (χ0v) is 16.7. The van der Waals surface area contributed by atoms with E-state index >= 15 is 0 Å². The molecule has 0 saturated carbocycles. The lowest BCUT2D eigenvalue weighted by atomic mass is 10.2. The molecule has 0 bridgehead atoms. The van der Waals surface area contributed by atoms with Gasteiger partial charge in [0.15, 0.2) is 0 Å². The van der Waals surface area contributed by atoms with Crippen LogP contribution in [0.25, 0.3) is 0 Å². The largest absolute Gasteiger partial charge is 0.495 e. The highest BCUT2D eigenvalue weighted by molar-refractivity contribution is 8.01. The number of aryl methyl sites for hydroxylation is 1. The third-order valence-corrected chi connectivity index (χ3v) is 5.25. The van der Waals surface area contributed by atoms with E-state index in [4.69, 9.17) is 16.3 Å². The summed E-state index contributed by atoms with van der Waals surface area (Å²) in [5.74, 6) is -0.352. The van der Waals surface area contributed by atoms with Gasteiger partial charge in [-0.15, -0.1) is 11.8 Å². The van der Waals surface area contributed by atoms with Crippen LogP contribution in [0.4, 0.5) is 15.8 Å². The van der Waals surface area contributed by atoms with Crippen LogP contribution in [0.2, 0.25) is 5.02 Å². The summed E-state index contributed by atoms with van der Waals surface area (Å²) in [5.41, 5.74) is 1.83. The lowest BCUT2D eigenvalue weighted by Crippen LogP contribution is -2.25. The summed E-state index contributed by atoms with van der Waals surface area (Å²) in [6.07, 6.45) is 0. The number of ether oxygens (including phenoxy) is 1. The predicted octanol–water partition coefficient (Wildman–Crippen LogP) is 4.50. The quantitative estimate of drug-likeness (QED) is 0.705. The molecule has 1 unspecified atom stereocenters. The van der Waals surface area contributed by atoms with Crippen molar-refractivity contribution in [1.82, 2.24) is 0 Å². The smallest absolute Gasteiger partial charge is 0.237 e. The van der Waals surface area contributed by atoms with E-state index in [1.807, 2.05) is 6.92 Å². The maximum absolute atomic E-state index is 12.9. The number of carbonyl (C=O) groups excluding carboxylic acids is 2. The Kier molecular flexibility index (Phi) is 7.50. The molecule has 27 heavy (non-hydrogen) atoms. The molecule has 2 aromatic carbocycles. The topological polar surface area (TPSA) is 67.4 Å². The molecule has 0 aliphatic carbocycles. The molecular formula is C19H20ClFN2O3S. The maximum atomic E-state index is 12.9. The Morgan fingerprint density at radius 2 is 1.89 bits per heavy atom. The molecule has 0 fully saturated rings. The number of methoxy groups -OCH3 is 1. The Hall–Kier alpha value is -2.25. The van der Waals surface area contributed by atoms with Crippen molar-refractivity contribution in [2.75, 3.05) is 23.5 Å². The minimum absolute atomic E-state index is 0.0861. The fourth-order valence-electron chi connectivity index (χ4n) is 2.17. The van der Waals surface area contributed by atoms with E-state index in [9.17, 15) is 14.0 Å². The number of anilines is 2. The molecule has 0 radical (unpaired) electrons. The van der Waals surface area contributed by atoms with Gasteiger partial charge in [0, 0.05) is 16.8 Å². The molecule has 144 valence electrons. The van der Waals surface area contributed by atoms with Crippen LogP contribution >= 0.6 is 23.4 Å². The number of thioether (sulfide) groups is 1. The van der Waals surface area contributed by atoms with Gasteiger partial charge in [0.25, 0.3) is 0 Å². The highest BCUT2D eigenvalue weighted by Gasteiger charge is 2.18. The van der Waals surface area contributed by atoms with Gasteiger partial charge in [-0.3, -0.25) is 9.59 Å². The first-order valence-corrected chi connectivity index (χ1v) is 9.55. The van der Waals surface area contributed by atoms with Crippen molar-refractivity contribution in [3.05, 3.63) is 52.8 Å².